The molecule has 1 aromatic carbocycles. The molecule has 0 saturated carbocycles. The Hall–Kier alpha value is -1.97. The van der Waals surface area contributed by atoms with Crippen LogP contribution in [-0.4, -0.2) is 69.0 Å². The summed E-state index contributed by atoms with van der Waals surface area (Å²) >= 11 is 0. The van der Waals surface area contributed by atoms with Crippen LogP contribution in [0.4, 0.5) is 4.79 Å². The molecule has 1 N–H and O–H groups in total. The van der Waals surface area contributed by atoms with Crippen molar-refractivity contribution in [2.75, 3.05) is 33.3 Å². The second-order valence-corrected chi connectivity index (χ2v) is 8.91. The summed E-state index contributed by atoms with van der Waals surface area (Å²) in [5.41, 5.74) is 1.12. The average Bonchev–Trinajstić information content (AvgIpc) is 2.72. The van der Waals surface area contributed by atoms with Gasteiger partial charge in [0.15, 0.2) is 0 Å². The van der Waals surface area contributed by atoms with Crippen LogP contribution in [0.1, 0.15) is 38.7 Å². The Labute approximate surface area is 166 Å². The number of imide groups is 1. The number of carbonyl (C=O) groups is 2. The van der Waals surface area contributed by atoms with Crippen LogP contribution in [0, 0.1) is 0 Å². The van der Waals surface area contributed by atoms with Crippen LogP contribution in [0.3, 0.4) is 0 Å². The number of amides is 2. The molecule has 0 aliphatic carbocycles. The highest BCUT2D eigenvalue weighted by molar-refractivity contribution is 7.89. The minimum Gasteiger partial charge on any atom is -0.453 e. The van der Waals surface area contributed by atoms with Crippen molar-refractivity contribution >= 4 is 22.0 Å². The van der Waals surface area contributed by atoms with E-state index in [1.807, 2.05) is 17.0 Å². The van der Waals surface area contributed by atoms with Crippen molar-refractivity contribution in [2.45, 2.75) is 44.0 Å². The van der Waals surface area contributed by atoms with E-state index >= 15 is 0 Å². The van der Waals surface area contributed by atoms with Crippen molar-refractivity contribution in [1.29, 1.82) is 0 Å². The van der Waals surface area contributed by atoms with Gasteiger partial charge in [0.25, 0.3) is 0 Å². The first-order chi connectivity index (χ1) is 13.2. The number of methoxy groups -OCH3 is 1. The molecule has 156 valence electrons. The summed E-state index contributed by atoms with van der Waals surface area (Å²) in [5, 5.41) is 2.14. The summed E-state index contributed by atoms with van der Waals surface area (Å²) in [6.07, 6.45) is 0.189. The van der Waals surface area contributed by atoms with Gasteiger partial charge in [0.05, 0.1) is 18.0 Å². The van der Waals surface area contributed by atoms with E-state index in [1.165, 1.54) is 11.4 Å². The molecule has 1 aromatic rings. The van der Waals surface area contributed by atoms with Crippen molar-refractivity contribution in [3.05, 3.63) is 29.8 Å². The zero-order chi connectivity index (χ0) is 20.9. The molecule has 1 saturated heterocycles. The van der Waals surface area contributed by atoms with E-state index < -0.39 is 28.1 Å². The highest BCUT2D eigenvalue weighted by atomic mass is 32.2. The maximum absolute atomic E-state index is 12.9. The van der Waals surface area contributed by atoms with Gasteiger partial charge in [-0.25, -0.2) is 13.2 Å². The van der Waals surface area contributed by atoms with Crippen molar-refractivity contribution in [3.8, 4) is 0 Å². The van der Waals surface area contributed by atoms with E-state index in [1.54, 1.807) is 19.1 Å². The lowest BCUT2D eigenvalue weighted by molar-refractivity contribution is -0.125. The van der Waals surface area contributed by atoms with Crippen LogP contribution in [0.15, 0.2) is 29.2 Å². The molecule has 0 bridgehead atoms. The summed E-state index contributed by atoms with van der Waals surface area (Å²) in [7, 11) is -2.38. The number of nitrogens with zero attached hydrogens (tertiary/aromatic N) is 2. The van der Waals surface area contributed by atoms with E-state index in [0.717, 1.165) is 12.0 Å². The third-order valence-electron chi connectivity index (χ3n) is 5.31. The topological polar surface area (TPSA) is 96.0 Å². The first kappa shape index (κ1) is 22.3. The molecule has 0 spiro atoms. The lowest BCUT2D eigenvalue weighted by Gasteiger charge is -2.36. The minimum absolute atomic E-state index is 0.282. The molecule has 0 aromatic heterocycles. The number of benzene rings is 1. The molecule has 2 amide bonds. The minimum atomic E-state index is -3.57. The summed E-state index contributed by atoms with van der Waals surface area (Å²) in [6, 6.07) is 6.51. The van der Waals surface area contributed by atoms with Gasteiger partial charge in [-0.15, -0.1) is 0 Å². The Morgan fingerprint density at radius 1 is 1.11 bits per heavy atom. The van der Waals surface area contributed by atoms with Gasteiger partial charge in [-0.1, -0.05) is 26.0 Å². The van der Waals surface area contributed by atoms with Gasteiger partial charge < -0.3 is 4.74 Å². The molecule has 2 rings (SSSR count). The maximum atomic E-state index is 12.9. The Balaban J connectivity index is 1.99. The number of carbonyl (C=O) groups excluding carboxylic acids is 2. The number of piperazine rings is 1. The zero-order valence-electron chi connectivity index (χ0n) is 16.8. The van der Waals surface area contributed by atoms with Crippen molar-refractivity contribution < 1.29 is 22.7 Å². The fourth-order valence-corrected chi connectivity index (χ4v) is 4.53. The molecule has 1 aliphatic heterocycles. The van der Waals surface area contributed by atoms with Crippen molar-refractivity contribution in [1.82, 2.24) is 14.5 Å². The monoisotopic (exact) mass is 411 g/mol. The van der Waals surface area contributed by atoms with Crippen LogP contribution in [0.5, 0.6) is 0 Å². The molecule has 2 atom stereocenters. The maximum Gasteiger partial charge on any atom is 0.413 e. The molecule has 8 nitrogen and oxygen atoms in total. The number of sulfonamides is 1. The number of ether oxygens (including phenoxy) is 1. The molecule has 1 fully saturated rings. The van der Waals surface area contributed by atoms with E-state index in [9.17, 15) is 18.0 Å². The Morgan fingerprint density at radius 2 is 1.68 bits per heavy atom. The third kappa shape index (κ3) is 5.09. The van der Waals surface area contributed by atoms with Gasteiger partial charge in [-0.3, -0.25) is 15.0 Å². The third-order valence-corrected chi connectivity index (χ3v) is 7.22. The van der Waals surface area contributed by atoms with Crippen molar-refractivity contribution in [3.63, 3.8) is 0 Å². The molecular weight excluding hydrogens is 382 g/mol. The Kier molecular flexibility index (Phi) is 7.56. The second-order valence-electron chi connectivity index (χ2n) is 6.98. The fraction of sp³-hybridized carbons (Fsp3) is 0.579. The zero-order valence-corrected chi connectivity index (χ0v) is 17.7. The van der Waals surface area contributed by atoms with Crippen LogP contribution in [0.2, 0.25) is 0 Å². The number of rotatable bonds is 6. The lowest BCUT2D eigenvalue weighted by atomic mass is 9.99. The molecule has 0 radical (unpaired) electrons. The first-order valence-electron chi connectivity index (χ1n) is 9.43. The van der Waals surface area contributed by atoms with Gasteiger partial charge in [-0.2, -0.15) is 4.31 Å². The number of alkyl carbamates (subject to hydrolysis) is 1. The SMILES string of the molecule is CC[C@H](C)c1ccc(S(=O)(=O)N2CCN([C@H](C)C(=O)NC(=O)OC)CC2)cc1. The Morgan fingerprint density at radius 3 is 2.18 bits per heavy atom. The van der Waals surface area contributed by atoms with E-state index in [4.69, 9.17) is 0 Å². The molecule has 28 heavy (non-hydrogen) atoms. The highest BCUT2D eigenvalue weighted by Gasteiger charge is 2.32. The highest BCUT2D eigenvalue weighted by Crippen LogP contribution is 2.23. The van der Waals surface area contributed by atoms with Crippen molar-refractivity contribution in [2.24, 2.45) is 0 Å². The summed E-state index contributed by atoms with van der Waals surface area (Å²) in [4.78, 5) is 25.3. The summed E-state index contributed by atoms with van der Waals surface area (Å²) in [6.45, 7) is 7.26. The predicted molar refractivity (Wildman–Crippen MR) is 105 cm³/mol. The number of nitrogens with one attached hydrogen (secondary N) is 1. The molecule has 0 unspecified atom stereocenters. The second kappa shape index (κ2) is 9.49. The van der Waals surface area contributed by atoms with Gasteiger partial charge in [0, 0.05) is 26.2 Å². The largest absolute Gasteiger partial charge is 0.453 e. The first-order valence-corrected chi connectivity index (χ1v) is 10.9. The van der Waals surface area contributed by atoms with Gasteiger partial charge in [-0.05, 0) is 37.0 Å². The number of hydrogen-bond donors (Lipinski definition) is 1. The normalized spacial score (nSPS) is 18.3. The van der Waals surface area contributed by atoms with Crippen LogP contribution >= 0.6 is 0 Å². The summed E-state index contributed by atoms with van der Waals surface area (Å²) < 4.78 is 31.7. The van der Waals surface area contributed by atoms with E-state index in [-0.39, 0.29) is 18.0 Å². The molecule has 9 heteroatoms. The number of hydrogen-bond acceptors (Lipinski definition) is 6. The molecule has 1 aliphatic rings. The van der Waals surface area contributed by atoms with Crippen LogP contribution in [0.25, 0.3) is 0 Å². The van der Waals surface area contributed by atoms with E-state index in [2.05, 4.69) is 23.9 Å². The van der Waals surface area contributed by atoms with E-state index in [0.29, 0.717) is 19.0 Å². The Bertz CT molecular complexity index is 786. The van der Waals surface area contributed by atoms with Crippen LogP contribution < -0.4 is 5.32 Å². The standard InChI is InChI=1S/C19H29N3O5S/c1-5-14(2)16-6-8-17(9-7-16)28(25,26)22-12-10-21(11-13-22)15(3)18(23)20-19(24)27-4/h6-9,14-15H,5,10-13H2,1-4H3,(H,20,23,24)/t14-,15+/m0/s1. The predicted octanol–water partition coefficient (Wildman–Crippen LogP) is 1.78. The van der Waals surface area contributed by atoms with Gasteiger partial charge in [0.1, 0.15) is 0 Å². The molecule has 1 heterocycles. The molecular formula is C19H29N3O5S. The van der Waals surface area contributed by atoms with Crippen LogP contribution in [-0.2, 0) is 19.6 Å². The summed E-state index contributed by atoms with van der Waals surface area (Å²) in [5.74, 6) is -0.0817. The lowest BCUT2D eigenvalue weighted by Crippen LogP contribution is -2.55. The fourth-order valence-electron chi connectivity index (χ4n) is 3.11. The smallest absolute Gasteiger partial charge is 0.413 e. The quantitative estimate of drug-likeness (QED) is 0.767. The van der Waals surface area contributed by atoms with Gasteiger partial charge >= 0.3 is 6.09 Å². The van der Waals surface area contributed by atoms with Gasteiger partial charge in [0.2, 0.25) is 15.9 Å². The average molecular weight is 412 g/mol.